The summed E-state index contributed by atoms with van der Waals surface area (Å²) >= 11 is 7.49. The van der Waals surface area contributed by atoms with Crippen LogP contribution in [0.15, 0.2) is 46.8 Å². The highest BCUT2D eigenvalue weighted by molar-refractivity contribution is 7.10. The van der Waals surface area contributed by atoms with E-state index in [0.29, 0.717) is 30.7 Å². The van der Waals surface area contributed by atoms with E-state index in [1.807, 2.05) is 48.7 Å². The fourth-order valence-electron chi connectivity index (χ4n) is 2.30. The van der Waals surface area contributed by atoms with Crippen LogP contribution in [0.5, 0.6) is 0 Å². The first kappa shape index (κ1) is 20.7. The van der Waals surface area contributed by atoms with Crippen molar-refractivity contribution in [2.24, 2.45) is 4.99 Å². The number of halogens is 1. The fourth-order valence-corrected chi connectivity index (χ4v) is 3.29. The van der Waals surface area contributed by atoms with Gasteiger partial charge in [0.05, 0.1) is 19.8 Å². The maximum absolute atomic E-state index is 10.6. The second-order valence-electron chi connectivity index (χ2n) is 6.06. The molecule has 0 spiro atoms. The molecule has 2 aromatic rings. The summed E-state index contributed by atoms with van der Waals surface area (Å²) < 4.78 is 5.66. The van der Waals surface area contributed by atoms with Crippen molar-refractivity contribution in [3.63, 3.8) is 0 Å². The van der Waals surface area contributed by atoms with Gasteiger partial charge < -0.3 is 20.5 Å². The van der Waals surface area contributed by atoms with E-state index in [1.165, 1.54) is 11.3 Å². The Labute approximate surface area is 164 Å². The van der Waals surface area contributed by atoms with Crippen LogP contribution in [-0.4, -0.2) is 37.3 Å². The van der Waals surface area contributed by atoms with Gasteiger partial charge in [0.15, 0.2) is 5.96 Å². The molecule has 0 aliphatic carbocycles. The Morgan fingerprint density at radius 3 is 2.85 bits per heavy atom. The predicted octanol–water partition coefficient (Wildman–Crippen LogP) is 3.38. The number of nitrogens with zero attached hydrogens (tertiary/aromatic N) is 1. The smallest absolute Gasteiger partial charge is 0.191 e. The van der Waals surface area contributed by atoms with Gasteiger partial charge in [-0.15, -0.1) is 11.3 Å². The number of hydrogen-bond acceptors (Lipinski definition) is 4. The topological polar surface area (TPSA) is 65.9 Å². The first-order valence-corrected chi connectivity index (χ1v) is 9.88. The number of rotatable bonds is 9. The van der Waals surface area contributed by atoms with Gasteiger partial charge in [-0.25, -0.2) is 4.99 Å². The van der Waals surface area contributed by atoms with Gasteiger partial charge in [-0.1, -0.05) is 29.8 Å². The number of hydrogen-bond donors (Lipinski definition) is 3. The lowest BCUT2D eigenvalue weighted by Crippen LogP contribution is -2.40. The molecule has 26 heavy (non-hydrogen) atoms. The van der Waals surface area contributed by atoms with Crippen LogP contribution in [0, 0.1) is 0 Å². The van der Waals surface area contributed by atoms with Gasteiger partial charge in [0.1, 0.15) is 5.60 Å². The van der Waals surface area contributed by atoms with Crippen LogP contribution in [0.25, 0.3) is 0 Å². The SMILES string of the molecule is CCNC(=NCC(C)(O)c1cccs1)NCCOCc1cccc(Cl)c1. The Morgan fingerprint density at radius 2 is 2.15 bits per heavy atom. The van der Waals surface area contributed by atoms with Gasteiger partial charge in [0, 0.05) is 23.0 Å². The van der Waals surface area contributed by atoms with Crippen molar-refractivity contribution in [3.8, 4) is 0 Å². The summed E-state index contributed by atoms with van der Waals surface area (Å²) in [5.74, 6) is 0.663. The zero-order valence-electron chi connectivity index (χ0n) is 15.2. The Kier molecular flexibility index (Phi) is 8.38. The molecule has 3 N–H and O–H groups in total. The van der Waals surface area contributed by atoms with Crippen LogP contribution in [0.3, 0.4) is 0 Å². The highest BCUT2D eigenvalue weighted by Crippen LogP contribution is 2.25. The lowest BCUT2D eigenvalue weighted by molar-refractivity contribution is 0.0711. The molecule has 0 radical (unpaired) electrons. The summed E-state index contributed by atoms with van der Waals surface area (Å²) in [7, 11) is 0. The third-order valence-electron chi connectivity index (χ3n) is 3.64. The van der Waals surface area contributed by atoms with E-state index in [2.05, 4.69) is 15.6 Å². The average molecular weight is 396 g/mol. The standard InChI is InChI=1S/C19H26ClN3O2S/c1-3-21-18(23-14-19(2,24)17-8-5-11-26-17)22-9-10-25-13-15-6-4-7-16(20)12-15/h4-8,11-12,24H,3,9-10,13-14H2,1-2H3,(H2,21,22,23). The largest absolute Gasteiger partial charge is 0.383 e. The van der Waals surface area contributed by atoms with Crippen LogP contribution < -0.4 is 10.6 Å². The summed E-state index contributed by atoms with van der Waals surface area (Å²) in [5.41, 5.74) is 0.0737. The number of thiophene rings is 1. The Morgan fingerprint density at radius 1 is 1.31 bits per heavy atom. The highest BCUT2D eigenvalue weighted by Gasteiger charge is 2.23. The minimum absolute atomic E-state index is 0.284. The molecule has 1 aromatic heterocycles. The quantitative estimate of drug-likeness (QED) is 0.346. The molecule has 0 aliphatic heterocycles. The van der Waals surface area contributed by atoms with E-state index in [0.717, 1.165) is 17.0 Å². The summed E-state index contributed by atoms with van der Waals surface area (Å²) in [6, 6.07) is 11.5. The Bertz CT molecular complexity index is 690. The van der Waals surface area contributed by atoms with Gasteiger partial charge in [-0.05, 0) is 43.0 Å². The summed E-state index contributed by atoms with van der Waals surface area (Å²) in [4.78, 5) is 5.39. The Hall–Kier alpha value is -1.60. The van der Waals surface area contributed by atoms with E-state index < -0.39 is 5.60 Å². The van der Waals surface area contributed by atoms with Crippen molar-refractivity contribution in [3.05, 3.63) is 57.2 Å². The number of aliphatic imine (C=N–C) groups is 1. The van der Waals surface area contributed by atoms with Crippen molar-refractivity contribution in [2.75, 3.05) is 26.2 Å². The van der Waals surface area contributed by atoms with E-state index in [1.54, 1.807) is 6.92 Å². The molecule has 1 aromatic carbocycles. The molecule has 1 heterocycles. The molecule has 2 rings (SSSR count). The number of ether oxygens (including phenoxy) is 1. The van der Waals surface area contributed by atoms with Crippen LogP contribution >= 0.6 is 22.9 Å². The fraction of sp³-hybridized carbons (Fsp3) is 0.421. The minimum atomic E-state index is -0.973. The molecule has 5 nitrogen and oxygen atoms in total. The molecule has 1 unspecified atom stereocenters. The van der Waals surface area contributed by atoms with Crippen LogP contribution in [-0.2, 0) is 16.9 Å². The van der Waals surface area contributed by atoms with Crippen molar-refractivity contribution in [2.45, 2.75) is 26.1 Å². The van der Waals surface area contributed by atoms with Gasteiger partial charge in [0.25, 0.3) is 0 Å². The summed E-state index contributed by atoms with van der Waals surface area (Å²) in [5, 5.41) is 19.6. The average Bonchev–Trinajstić information content (AvgIpc) is 3.15. The molecule has 0 amide bonds. The van der Waals surface area contributed by atoms with Crippen LogP contribution in [0.2, 0.25) is 5.02 Å². The third kappa shape index (κ3) is 6.96. The van der Waals surface area contributed by atoms with E-state index >= 15 is 0 Å². The molecule has 0 bridgehead atoms. The van der Waals surface area contributed by atoms with Crippen molar-refractivity contribution < 1.29 is 9.84 Å². The van der Waals surface area contributed by atoms with E-state index in [4.69, 9.17) is 16.3 Å². The minimum Gasteiger partial charge on any atom is -0.383 e. The number of nitrogens with one attached hydrogen (secondary N) is 2. The Balaban J connectivity index is 1.76. The van der Waals surface area contributed by atoms with Crippen molar-refractivity contribution >= 4 is 28.9 Å². The number of benzene rings is 1. The number of guanidine groups is 1. The maximum Gasteiger partial charge on any atom is 0.191 e. The summed E-state index contributed by atoms with van der Waals surface area (Å²) in [6.45, 7) is 6.49. The van der Waals surface area contributed by atoms with Crippen LogP contribution in [0.1, 0.15) is 24.3 Å². The maximum atomic E-state index is 10.6. The molecule has 0 aliphatic rings. The molecule has 7 heteroatoms. The summed E-state index contributed by atoms with van der Waals surface area (Å²) in [6.07, 6.45) is 0. The van der Waals surface area contributed by atoms with Gasteiger partial charge >= 0.3 is 0 Å². The highest BCUT2D eigenvalue weighted by atomic mass is 35.5. The lowest BCUT2D eigenvalue weighted by atomic mass is 10.1. The first-order valence-electron chi connectivity index (χ1n) is 8.62. The monoisotopic (exact) mass is 395 g/mol. The molecule has 0 fully saturated rings. The van der Waals surface area contributed by atoms with Gasteiger partial charge in [0.2, 0.25) is 0 Å². The van der Waals surface area contributed by atoms with Gasteiger partial charge in [-0.3, -0.25) is 0 Å². The zero-order chi connectivity index (χ0) is 18.8. The predicted molar refractivity (Wildman–Crippen MR) is 109 cm³/mol. The number of aliphatic hydroxyl groups is 1. The normalized spacial score (nSPS) is 14.1. The molecular weight excluding hydrogens is 370 g/mol. The zero-order valence-corrected chi connectivity index (χ0v) is 16.7. The second-order valence-corrected chi connectivity index (χ2v) is 7.44. The lowest BCUT2D eigenvalue weighted by Gasteiger charge is -2.20. The molecular formula is C19H26ClN3O2S. The molecule has 0 saturated heterocycles. The molecule has 0 saturated carbocycles. The van der Waals surface area contributed by atoms with E-state index in [-0.39, 0.29) is 6.54 Å². The molecule has 1 atom stereocenters. The van der Waals surface area contributed by atoms with Gasteiger partial charge in [-0.2, -0.15) is 0 Å². The van der Waals surface area contributed by atoms with Crippen molar-refractivity contribution in [1.82, 2.24) is 10.6 Å². The first-order chi connectivity index (χ1) is 12.5. The molecule has 142 valence electrons. The van der Waals surface area contributed by atoms with Crippen molar-refractivity contribution in [1.29, 1.82) is 0 Å². The van der Waals surface area contributed by atoms with Crippen LogP contribution in [0.4, 0.5) is 0 Å². The van der Waals surface area contributed by atoms with E-state index in [9.17, 15) is 5.11 Å². The third-order valence-corrected chi connectivity index (χ3v) is 5.00. The second kappa shape index (κ2) is 10.5.